The number of hydrogen-bond acceptors (Lipinski definition) is 9. The Morgan fingerprint density at radius 1 is 1.00 bits per heavy atom. The Hall–Kier alpha value is -2.85. The van der Waals surface area contributed by atoms with Crippen LogP contribution < -0.4 is 15.5 Å². The first-order chi connectivity index (χ1) is 21.0. The van der Waals surface area contributed by atoms with E-state index in [-0.39, 0.29) is 26.5 Å². The molecule has 0 bridgehead atoms. The van der Waals surface area contributed by atoms with Crippen molar-refractivity contribution in [1.82, 2.24) is 15.3 Å². The van der Waals surface area contributed by atoms with Crippen molar-refractivity contribution in [2.45, 2.75) is 83.4 Å². The monoisotopic (exact) mass is 595 g/mol. The maximum Gasteiger partial charge on any atom is 0.229 e. The SMILES string of the molecule is C1CCOC1.C1CCOC1.CC.CNCC1C=C[CH]C(N2c3nc(Nc4ccccc4)ncc3C3COC(C)(C)C[C@H]32)=N1.[HH].[HH]. The van der Waals surface area contributed by atoms with Gasteiger partial charge in [0.25, 0.3) is 0 Å². The summed E-state index contributed by atoms with van der Waals surface area (Å²) in [6.45, 7) is 13.8. The second-order valence-corrected chi connectivity index (χ2v) is 11.6. The third kappa shape index (κ3) is 9.32. The van der Waals surface area contributed by atoms with Crippen LogP contribution in [0.4, 0.5) is 17.5 Å². The average Bonchev–Trinajstić information content (AvgIpc) is 3.83. The van der Waals surface area contributed by atoms with E-state index in [1.165, 1.54) is 25.7 Å². The molecule has 7 rings (SSSR count). The predicted molar refractivity (Wildman–Crippen MR) is 180 cm³/mol. The van der Waals surface area contributed by atoms with Crippen LogP contribution in [0.15, 0.2) is 53.7 Å². The first-order valence-corrected chi connectivity index (χ1v) is 16.1. The van der Waals surface area contributed by atoms with Crippen LogP contribution >= 0.6 is 0 Å². The van der Waals surface area contributed by atoms with E-state index in [0.717, 1.165) is 62.3 Å². The number of hydrogen-bond donors (Lipinski definition) is 2. The molecular formula is C34H55N6O3. The number of nitrogens with zero attached hydrogens (tertiary/aromatic N) is 4. The van der Waals surface area contributed by atoms with Crippen molar-refractivity contribution >= 4 is 23.3 Å². The second kappa shape index (κ2) is 16.9. The molecule has 2 aromatic rings. The fraction of sp³-hybridized carbons (Fsp3) is 0.588. The molecule has 3 fully saturated rings. The largest absolute Gasteiger partial charge is 0.381 e. The summed E-state index contributed by atoms with van der Waals surface area (Å²) in [5, 5.41) is 6.56. The van der Waals surface area contributed by atoms with Crippen LogP contribution in [0.2, 0.25) is 0 Å². The zero-order chi connectivity index (χ0) is 30.5. The first-order valence-electron chi connectivity index (χ1n) is 16.1. The summed E-state index contributed by atoms with van der Waals surface area (Å²) in [5.74, 6) is 2.71. The van der Waals surface area contributed by atoms with Crippen LogP contribution in [0.25, 0.3) is 0 Å². The van der Waals surface area contributed by atoms with Crippen LogP contribution in [0.3, 0.4) is 0 Å². The Morgan fingerprint density at radius 3 is 2.28 bits per heavy atom. The molecule has 6 heterocycles. The highest BCUT2D eigenvalue weighted by Gasteiger charge is 2.48. The summed E-state index contributed by atoms with van der Waals surface area (Å²) >= 11 is 0. The molecule has 1 aromatic carbocycles. The number of dihydropyridines is 1. The number of amidine groups is 1. The van der Waals surface area contributed by atoms with Crippen molar-refractivity contribution < 1.29 is 17.1 Å². The minimum absolute atomic E-state index is 0. The zero-order valence-corrected chi connectivity index (χ0v) is 26.7. The predicted octanol–water partition coefficient (Wildman–Crippen LogP) is 6.56. The number of rotatable bonds is 4. The van der Waals surface area contributed by atoms with Crippen molar-refractivity contribution in [2.75, 3.05) is 56.8 Å². The minimum Gasteiger partial charge on any atom is -0.381 e. The number of para-hydroxylation sites is 1. The Kier molecular flexibility index (Phi) is 13.0. The van der Waals surface area contributed by atoms with Crippen LogP contribution in [-0.2, 0) is 14.2 Å². The Bertz CT molecular complexity index is 1150. The average molecular weight is 596 g/mol. The quantitative estimate of drug-likeness (QED) is 0.410. The van der Waals surface area contributed by atoms with Crippen LogP contribution in [0.1, 0.15) is 74.1 Å². The lowest BCUT2D eigenvalue weighted by Gasteiger charge is -2.41. The van der Waals surface area contributed by atoms with Crippen molar-refractivity contribution in [3.8, 4) is 0 Å². The molecule has 0 saturated carbocycles. The van der Waals surface area contributed by atoms with E-state index in [1.54, 1.807) is 0 Å². The van der Waals surface area contributed by atoms with Gasteiger partial charge in [-0.25, -0.2) is 4.98 Å². The smallest absolute Gasteiger partial charge is 0.229 e. The molecule has 239 valence electrons. The summed E-state index contributed by atoms with van der Waals surface area (Å²) in [6.07, 6.45) is 14.3. The van der Waals surface area contributed by atoms with Gasteiger partial charge in [0.1, 0.15) is 11.7 Å². The summed E-state index contributed by atoms with van der Waals surface area (Å²) in [4.78, 5) is 16.9. The Morgan fingerprint density at radius 2 is 1.67 bits per heavy atom. The maximum atomic E-state index is 6.19. The van der Waals surface area contributed by atoms with Gasteiger partial charge in [-0.05, 0) is 65.1 Å². The molecule has 1 radical (unpaired) electrons. The highest BCUT2D eigenvalue weighted by Crippen LogP contribution is 2.47. The number of aromatic nitrogens is 2. The lowest BCUT2D eigenvalue weighted by molar-refractivity contribution is -0.0654. The fourth-order valence-corrected chi connectivity index (χ4v) is 5.69. The summed E-state index contributed by atoms with van der Waals surface area (Å²) in [7, 11) is 1.96. The van der Waals surface area contributed by atoms with Gasteiger partial charge in [0.15, 0.2) is 0 Å². The van der Waals surface area contributed by atoms with Crippen molar-refractivity contribution in [1.29, 1.82) is 0 Å². The molecule has 5 aliphatic heterocycles. The minimum atomic E-state index is -0.185. The molecular weight excluding hydrogens is 540 g/mol. The van der Waals surface area contributed by atoms with E-state index in [9.17, 15) is 0 Å². The molecule has 0 aliphatic carbocycles. The molecule has 1 aromatic heterocycles. The van der Waals surface area contributed by atoms with E-state index in [1.807, 2.05) is 57.4 Å². The standard InChI is InChI=1S/C24H29N6O.2C4H8O.C2H6.2H2/c1-24(2)12-20-19(15-31-24)18-14-26-23(28-16-8-5-4-6-9-16)29-22(18)30(20)21-11-7-10-17(27-21)13-25-3;2*1-2-4-5-3-1;1-2;;/h4-11,14,17,19-20,25H,12-13,15H2,1-3H3,(H,26,28,29);2*1-4H2;1-2H3;2*1H/t17?,19?,20-;;;;;/m1...../s1. The first kappa shape index (κ1) is 33.1. The van der Waals surface area contributed by atoms with Crippen molar-refractivity contribution in [3.63, 3.8) is 0 Å². The van der Waals surface area contributed by atoms with Crippen molar-refractivity contribution in [3.05, 3.63) is 60.7 Å². The fourth-order valence-electron chi connectivity index (χ4n) is 5.69. The maximum absolute atomic E-state index is 6.19. The highest BCUT2D eigenvalue weighted by molar-refractivity contribution is 6.07. The number of likely N-dealkylation sites (N-methyl/N-ethyl adjacent to an activating group) is 1. The van der Waals surface area contributed by atoms with E-state index in [4.69, 9.17) is 24.2 Å². The summed E-state index contributed by atoms with van der Waals surface area (Å²) < 4.78 is 16.1. The molecule has 0 spiro atoms. The second-order valence-electron chi connectivity index (χ2n) is 11.6. The van der Waals surface area contributed by atoms with Gasteiger partial charge < -0.3 is 29.7 Å². The van der Waals surface area contributed by atoms with Gasteiger partial charge in [-0.1, -0.05) is 44.2 Å². The van der Waals surface area contributed by atoms with Crippen LogP contribution in [0.5, 0.6) is 0 Å². The number of anilines is 3. The van der Waals surface area contributed by atoms with Gasteiger partial charge in [0, 0.05) is 71.7 Å². The molecule has 2 N–H and O–H groups in total. The van der Waals surface area contributed by atoms with Crippen LogP contribution in [-0.4, -0.2) is 80.1 Å². The topological polar surface area (TPSA) is 93.1 Å². The third-order valence-corrected chi connectivity index (χ3v) is 7.80. The van der Waals surface area contributed by atoms with E-state index >= 15 is 0 Å². The van der Waals surface area contributed by atoms with E-state index in [2.05, 4.69) is 52.9 Å². The van der Waals surface area contributed by atoms with Gasteiger partial charge in [0.05, 0.1) is 18.2 Å². The zero-order valence-electron chi connectivity index (χ0n) is 26.7. The normalized spacial score (nSPS) is 24.6. The van der Waals surface area contributed by atoms with Crippen molar-refractivity contribution in [2.24, 2.45) is 4.99 Å². The lowest BCUT2D eigenvalue weighted by atomic mass is 9.85. The van der Waals surface area contributed by atoms with Gasteiger partial charge in [-0.15, -0.1) is 0 Å². The van der Waals surface area contributed by atoms with Gasteiger partial charge in [-0.2, -0.15) is 4.98 Å². The third-order valence-electron chi connectivity index (χ3n) is 7.80. The lowest BCUT2D eigenvalue weighted by Crippen LogP contribution is -2.49. The molecule has 3 atom stereocenters. The van der Waals surface area contributed by atoms with Crippen LogP contribution in [0, 0.1) is 6.42 Å². The summed E-state index contributed by atoms with van der Waals surface area (Å²) in [5.41, 5.74) is 1.91. The molecule has 3 saturated heterocycles. The molecule has 9 nitrogen and oxygen atoms in total. The number of aliphatic imine (C=N–C) groups is 1. The van der Waals surface area contributed by atoms with Gasteiger partial charge in [-0.3, -0.25) is 4.99 Å². The molecule has 0 amide bonds. The molecule has 5 aliphatic rings. The van der Waals surface area contributed by atoms with E-state index in [0.29, 0.717) is 12.6 Å². The van der Waals surface area contributed by atoms with Gasteiger partial charge in [0.2, 0.25) is 5.95 Å². The van der Waals surface area contributed by atoms with Gasteiger partial charge >= 0.3 is 0 Å². The Labute approximate surface area is 261 Å². The number of nitrogens with one attached hydrogen (secondary N) is 2. The highest BCUT2D eigenvalue weighted by atomic mass is 16.5. The number of benzene rings is 1. The molecule has 2 unspecified atom stereocenters. The molecule has 9 heteroatoms. The molecule has 43 heavy (non-hydrogen) atoms. The summed E-state index contributed by atoms with van der Waals surface area (Å²) in [6, 6.07) is 10.4. The Balaban J connectivity index is 0.000000425. The number of fused-ring (bicyclic) bond motifs is 3. The number of ether oxygens (including phenoxy) is 3. The van der Waals surface area contributed by atoms with E-state index < -0.39 is 0 Å².